The Labute approximate surface area is 210 Å². The number of nitrogens with one attached hydrogen (secondary N) is 1. The fraction of sp³-hybridized carbons (Fsp3) is 0.481. The second-order valence-electron chi connectivity index (χ2n) is 9.89. The van der Waals surface area contributed by atoms with Crippen LogP contribution in [0.25, 0.3) is 0 Å². The van der Waals surface area contributed by atoms with Crippen LogP contribution < -0.4 is 9.62 Å². The summed E-state index contributed by atoms with van der Waals surface area (Å²) in [6.07, 6.45) is 2.87. The highest BCUT2D eigenvalue weighted by molar-refractivity contribution is 7.92. The highest BCUT2D eigenvalue weighted by Gasteiger charge is 2.30. The van der Waals surface area contributed by atoms with Gasteiger partial charge in [-0.05, 0) is 42.0 Å². The molecule has 0 fully saturated rings. The van der Waals surface area contributed by atoms with Gasteiger partial charge in [0, 0.05) is 13.1 Å². The van der Waals surface area contributed by atoms with Crippen LogP contribution >= 0.6 is 0 Å². The summed E-state index contributed by atoms with van der Waals surface area (Å²) in [6.45, 7) is 10.3. The van der Waals surface area contributed by atoms with Gasteiger partial charge in [0.15, 0.2) is 0 Å². The Morgan fingerprint density at radius 1 is 1.00 bits per heavy atom. The van der Waals surface area contributed by atoms with E-state index in [4.69, 9.17) is 0 Å². The zero-order valence-corrected chi connectivity index (χ0v) is 22.6. The number of unbranched alkanes of at least 4 members (excludes halogenated alkanes) is 1. The summed E-state index contributed by atoms with van der Waals surface area (Å²) in [5.41, 5.74) is 2.24. The molecular weight excluding hydrogens is 462 g/mol. The van der Waals surface area contributed by atoms with E-state index in [1.807, 2.05) is 49.4 Å². The van der Waals surface area contributed by atoms with Crippen LogP contribution in [0, 0.1) is 0 Å². The van der Waals surface area contributed by atoms with E-state index in [-0.39, 0.29) is 17.9 Å². The molecule has 0 saturated heterocycles. The molecule has 0 aliphatic heterocycles. The molecule has 0 heterocycles. The summed E-state index contributed by atoms with van der Waals surface area (Å²) in [4.78, 5) is 27.8. The smallest absolute Gasteiger partial charge is 0.244 e. The van der Waals surface area contributed by atoms with Gasteiger partial charge < -0.3 is 10.2 Å². The molecule has 1 unspecified atom stereocenters. The van der Waals surface area contributed by atoms with Crippen molar-refractivity contribution in [3.05, 3.63) is 65.7 Å². The van der Waals surface area contributed by atoms with Crippen molar-refractivity contribution in [3.63, 3.8) is 0 Å². The van der Waals surface area contributed by atoms with Gasteiger partial charge in [0.1, 0.15) is 12.6 Å². The number of amides is 2. The van der Waals surface area contributed by atoms with E-state index in [9.17, 15) is 18.0 Å². The highest BCUT2D eigenvalue weighted by atomic mass is 32.2. The van der Waals surface area contributed by atoms with E-state index < -0.39 is 28.5 Å². The Bertz CT molecular complexity index is 1080. The minimum Gasteiger partial charge on any atom is -0.354 e. The molecule has 0 radical (unpaired) electrons. The fourth-order valence-corrected chi connectivity index (χ4v) is 4.49. The van der Waals surface area contributed by atoms with E-state index in [0.717, 1.165) is 34.5 Å². The summed E-state index contributed by atoms with van der Waals surface area (Å²) in [6, 6.07) is 15.8. The van der Waals surface area contributed by atoms with E-state index in [2.05, 4.69) is 26.1 Å². The van der Waals surface area contributed by atoms with Crippen LogP contribution in [0.5, 0.6) is 0 Å². The van der Waals surface area contributed by atoms with Crippen LogP contribution in [-0.2, 0) is 31.6 Å². The number of carbonyl (C=O) groups is 2. The third kappa shape index (κ3) is 8.38. The molecule has 2 aromatic carbocycles. The molecular formula is C27H39N3O4S. The van der Waals surface area contributed by atoms with Gasteiger partial charge in [-0.1, -0.05) is 76.6 Å². The van der Waals surface area contributed by atoms with Gasteiger partial charge in [-0.3, -0.25) is 13.9 Å². The van der Waals surface area contributed by atoms with Gasteiger partial charge in [-0.25, -0.2) is 8.42 Å². The van der Waals surface area contributed by atoms with Crippen molar-refractivity contribution in [2.45, 2.75) is 65.5 Å². The summed E-state index contributed by atoms with van der Waals surface area (Å²) in [5.74, 6) is -0.708. The van der Waals surface area contributed by atoms with Gasteiger partial charge in [0.25, 0.3) is 0 Å². The fourth-order valence-electron chi connectivity index (χ4n) is 3.64. The van der Waals surface area contributed by atoms with Crippen LogP contribution in [-0.4, -0.2) is 50.5 Å². The lowest BCUT2D eigenvalue weighted by molar-refractivity contribution is -0.139. The van der Waals surface area contributed by atoms with E-state index in [0.29, 0.717) is 12.2 Å². The van der Waals surface area contributed by atoms with Crippen molar-refractivity contribution in [2.75, 3.05) is 23.7 Å². The predicted octanol–water partition coefficient (Wildman–Crippen LogP) is 4.08. The summed E-state index contributed by atoms with van der Waals surface area (Å²) < 4.78 is 26.5. The Hall–Kier alpha value is -2.87. The number of hydrogen-bond donors (Lipinski definition) is 1. The highest BCUT2D eigenvalue weighted by Crippen LogP contribution is 2.26. The maximum atomic E-state index is 13.5. The largest absolute Gasteiger partial charge is 0.354 e. The van der Waals surface area contributed by atoms with Crippen LogP contribution in [0.1, 0.15) is 58.6 Å². The minimum atomic E-state index is -3.75. The molecule has 8 heteroatoms. The van der Waals surface area contributed by atoms with E-state index >= 15 is 0 Å². The SMILES string of the molecule is CCCCNC(=O)C(C)N(Cc1ccccc1)C(=O)CN(c1ccc(C(C)(C)C)cc1)S(C)(=O)=O. The molecule has 0 bridgehead atoms. The average molecular weight is 502 g/mol. The lowest BCUT2D eigenvalue weighted by Gasteiger charge is -2.31. The first-order valence-electron chi connectivity index (χ1n) is 12.0. The first kappa shape index (κ1) is 28.4. The van der Waals surface area contributed by atoms with Gasteiger partial charge in [-0.2, -0.15) is 0 Å². The van der Waals surface area contributed by atoms with Crippen molar-refractivity contribution in [2.24, 2.45) is 0 Å². The number of sulfonamides is 1. The van der Waals surface area contributed by atoms with Crippen LogP contribution in [0.15, 0.2) is 54.6 Å². The topological polar surface area (TPSA) is 86.8 Å². The predicted molar refractivity (Wildman–Crippen MR) is 142 cm³/mol. The maximum absolute atomic E-state index is 13.5. The number of anilines is 1. The first-order chi connectivity index (χ1) is 16.3. The van der Waals surface area contributed by atoms with Crippen molar-refractivity contribution >= 4 is 27.5 Å². The maximum Gasteiger partial charge on any atom is 0.244 e. The molecule has 1 atom stereocenters. The lowest BCUT2D eigenvalue weighted by Crippen LogP contribution is -2.51. The third-order valence-electron chi connectivity index (χ3n) is 5.89. The minimum absolute atomic E-state index is 0.0860. The molecule has 0 spiro atoms. The van der Waals surface area contributed by atoms with Crippen LogP contribution in [0.4, 0.5) is 5.69 Å². The quantitative estimate of drug-likeness (QED) is 0.470. The molecule has 192 valence electrons. The molecule has 2 rings (SSSR count). The number of hydrogen-bond acceptors (Lipinski definition) is 4. The molecule has 35 heavy (non-hydrogen) atoms. The molecule has 1 N–H and O–H groups in total. The molecule has 2 amide bonds. The zero-order valence-electron chi connectivity index (χ0n) is 21.7. The number of carbonyl (C=O) groups excluding carboxylic acids is 2. The second-order valence-corrected chi connectivity index (χ2v) is 11.8. The van der Waals surface area contributed by atoms with Crippen molar-refractivity contribution in [1.29, 1.82) is 0 Å². The normalized spacial score (nSPS) is 12.6. The van der Waals surface area contributed by atoms with E-state index in [1.165, 1.54) is 4.90 Å². The van der Waals surface area contributed by atoms with Gasteiger partial charge in [-0.15, -0.1) is 0 Å². The molecule has 7 nitrogen and oxygen atoms in total. The van der Waals surface area contributed by atoms with E-state index in [1.54, 1.807) is 19.1 Å². The van der Waals surface area contributed by atoms with Crippen molar-refractivity contribution in [1.82, 2.24) is 10.2 Å². The lowest BCUT2D eigenvalue weighted by atomic mass is 9.87. The molecule has 0 aromatic heterocycles. The zero-order chi connectivity index (χ0) is 26.2. The van der Waals surface area contributed by atoms with Crippen LogP contribution in [0.2, 0.25) is 0 Å². The summed E-state index contributed by atoms with van der Waals surface area (Å²) >= 11 is 0. The first-order valence-corrected chi connectivity index (χ1v) is 13.9. The van der Waals surface area contributed by atoms with Crippen LogP contribution in [0.3, 0.4) is 0 Å². The average Bonchev–Trinajstić information content (AvgIpc) is 2.80. The molecule has 2 aromatic rings. The monoisotopic (exact) mass is 501 g/mol. The third-order valence-corrected chi connectivity index (χ3v) is 7.03. The van der Waals surface area contributed by atoms with Gasteiger partial charge >= 0.3 is 0 Å². The van der Waals surface area contributed by atoms with Crippen molar-refractivity contribution < 1.29 is 18.0 Å². The summed E-state index contributed by atoms with van der Waals surface area (Å²) in [7, 11) is -3.75. The number of nitrogens with zero attached hydrogens (tertiary/aromatic N) is 2. The van der Waals surface area contributed by atoms with Gasteiger partial charge in [0.05, 0.1) is 11.9 Å². The molecule has 0 aliphatic rings. The standard InChI is InChI=1S/C27H39N3O4S/c1-7-8-18-28-26(32)21(2)29(19-22-12-10-9-11-13-22)25(31)20-30(35(6,33)34)24-16-14-23(15-17-24)27(3,4)5/h9-17,21H,7-8,18-20H2,1-6H3,(H,28,32). The van der Waals surface area contributed by atoms with Crippen molar-refractivity contribution in [3.8, 4) is 0 Å². The Morgan fingerprint density at radius 2 is 1.60 bits per heavy atom. The second kappa shape index (κ2) is 12.2. The number of rotatable bonds is 11. The Balaban J connectivity index is 2.33. The summed E-state index contributed by atoms with van der Waals surface area (Å²) in [5, 5.41) is 2.88. The van der Waals surface area contributed by atoms with Gasteiger partial charge in [0.2, 0.25) is 21.8 Å². The molecule has 0 saturated carbocycles. The Morgan fingerprint density at radius 3 is 2.11 bits per heavy atom. The number of benzene rings is 2. The molecule has 0 aliphatic carbocycles. The Kier molecular flexibility index (Phi) is 9.89.